The highest BCUT2D eigenvalue weighted by Gasteiger charge is 2.36. The Morgan fingerprint density at radius 1 is 1.20 bits per heavy atom. The van der Waals surface area contributed by atoms with Crippen molar-refractivity contribution < 1.29 is 17.9 Å². The Balaban J connectivity index is 1.66. The minimum absolute atomic E-state index is 0.0675. The number of ether oxygens (including phenoxy) is 1. The van der Waals surface area contributed by atoms with Crippen LogP contribution in [-0.4, -0.2) is 71.5 Å². The maximum atomic E-state index is 12.7. The molecule has 140 valence electrons. The number of imidazole rings is 1. The number of amides is 1. The van der Waals surface area contributed by atoms with Gasteiger partial charge in [0.15, 0.2) is 5.03 Å². The zero-order valence-corrected chi connectivity index (χ0v) is 15.6. The number of aryl methyl sites for hydroxylation is 1. The van der Waals surface area contributed by atoms with Crippen molar-refractivity contribution in [2.24, 2.45) is 7.05 Å². The van der Waals surface area contributed by atoms with Crippen LogP contribution in [-0.2, 0) is 26.6 Å². The molecule has 0 unspecified atom stereocenters. The maximum absolute atomic E-state index is 12.7. The van der Waals surface area contributed by atoms with Crippen molar-refractivity contribution in [3.63, 3.8) is 0 Å². The first-order valence-corrected chi connectivity index (χ1v) is 10.2. The smallest absolute Gasteiger partial charge is 0.262 e. The first-order chi connectivity index (χ1) is 11.9. The summed E-state index contributed by atoms with van der Waals surface area (Å²) in [5, 5.41) is 0.0845. The highest BCUT2D eigenvalue weighted by atomic mass is 32.2. The van der Waals surface area contributed by atoms with Gasteiger partial charge in [-0.2, -0.15) is 4.31 Å². The Morgan fingerprint density at radius 2 is 1.80 bits per heavy atom. The summed E-state index contributed by atoms with van der Waals surface area (Å²) in [5.41, 5.74) is 0. The second kappa shape index (κ2) is 7.43. The highest BCUT2D eigenvalue weighted by molar-refractivity contribution is 7.89. The van der Waals surface area contributed by atoms with Crippen molar-refractivity contribution >= 4 is 15.9 Å². The zero-order chi connectivity index (χ0) is 18.0. The molecule has 25 heavy (non-hydrogen) atoms. The van der Waals surface area contributed by atoms with Crippen LogP contribution in [0.3, 0.4) is 0 Å². The first kappa shape index (κ1) is 18.3. The van der Waals surface area contributed by atoms with Gasteiger partial charge in [-0.25, -0.2) is 13.4 Å². The topological polar surface area (TPSA) is 84.7 Å². The second-order valence-corrected chi connectivity index (χ2v) is 8.67. The van der Waals surface area contributed by atoms with E-state index in [1.54, 1.807) is 18.5 Å². The Hall–Kier alpha value is -1.45. The van der Waals surface area contributed by atoms with Crippen molar-refractivity contribution in [1.82, 2.24) is 18.8 Å². The molecule has 9 heteroatoms. The molecular weight excluding hydrogens is 344 g/mol. The lowest BCUT2D eigenvalue weighted by molar-refractivity contribution is -0.137. The zero-order valence-electron chi connectivity index (χ0n) is 14.8. The van der Waals surface area contributed by atoms with E-state index in [-0.39, 0.29) is 23.0 Å². The van der Waals surface area contributed by atoms with E-state index >= 15 is 0 Å². The first-order valence-electron chi connectivity index (χ1n) is 8.74. The molecule has 0 radical (unpaired) electrons. The van der Waals surface area contributed by atoms with Gasteiger partial charge in [0.1, 0.15) is 0 Å². The number of nitrogens with zero attached hydrogens (tertiary/aromatic N) is 4. The predicted octanol–water partition coefficient (Wildman–Crippen LogP) is 0.601. The number of carbonyl (C=O) groups is 1. The lowest BCUT2D eigenvalue weighted by atomic mass is 9.99. The van der Waals surface area contributed by atoms with Crippen LogP contribution in [0.15, 0.2) is 17.6 Å². The molecule has 0 N–H and O–H groups in total. The number of sulfonamides is 1. The molecule has 0 bridgehead atoms. The van der Waals surface area contributed by atoms with Crippen LogP contribution in [0.5, 0.6) is 0 Å². The average molecular weight is 370 g/mol. The molecule has 0 atom stereocenters. The Morgan fingerprint density at radius 3 is 2.32 bits per heavy atom. The molecule has 3 rings (SSSR count). The molecule has 0 aromatic carbocycles. The molecule has 8 nitrogen and oxygen atoms in total. The van der Waals surface area contributed by atoms with Crippen LogP contribution in [0.1, 0.15) is 32.6 Å². The van der Waals surface area contributed by atoms with Crippen LogP contribution in [0.4, 0.5) is 0 Å². The molecule has 2 aliphatic heterocycles. The maximum Gasteiger partial charge on any atom is 0.262 e. The minimum atomic E-state index is -3.56. The van der Waals surface area contributed by atoms with Crippen LogP contribution >= 0.6 is 0 Å². The molecule has 2 fully saturated rings. The molecule has 1 amide bonds. The number of piperidine rings is 1. The minimum Gasteiger partial charge on any atom is -0.381 e. The number of carbonyl (C=O) groups excluding carboxylic acids is 1. The fourth-order valence-corrected chi connectivity index (χ4v) is 5.23. The normalized spacial score (nSPS) is 21.4. The largest absolute Gasteiger partial charge is 0.381 e. The molecule has 2 saturated heterocycles. The Labute approximate surface area is 148 Å². The summed E-state index contributed by atoms with van der Waals surface area (Å²) in [6, 6.07) is 0.297. The fourth-order valence-electron chi connectivity index (χ4n) is 3.79. The van der Waals surface area contributed by atoms with E-state index in [0.717, 1.165) is 12.8 Å². The summed E-state index contributed by atoms with van der Waals surface area (Å²) < 4.78 is 33.8. The lowest BCUT2D eigenvalue weighted by Gasteiger charge is -2.42. The van der Waals surface area contributed by atoms with Crippen LogP contribution in [0.2, 0.25) is 0 Å². The van der Waals surface area contributed by atoms with Gasteiger partial charge in [-0.15, -0.1) is 0 Å². The van der Waals surface area contributed by atoms with E-state index in [0.29, 0.717) is 39.1 Å². The van der Waals surface area contributed by atoms with Crippen molar-refractivity contribution in [2.75, 3.05) is 26.3 Å². The molecule has 0 spiro atoms. The van der Waals surface area contributed by atoms with Gasteiger partial charge in [0.05, 0.1) is 6.33 Å². The van der Waals surface area contributed by atoms with Gasteiger partial charge in [-0.05, 0) is 25.7 Å². The van der Waals surface area contributed by atoms with E-state index in [4.69, 9.17) is 4.74 Å². The van der Waals surface area contributed by atoms with Crippen molar-refractivity contribution in [3.8, 4) is 0 Å². The Kier molecular flexibility index (Phi) is 5.45. The number of rotatable bonds is 4. The van der Waals surface area contributed by atoms with Crippen LogP contribution in [0.25, 0.3) is 0 Å². The summed E-state index contributed by atoms with van der Waals surface area (Å²) in [5.74, 6) is 0.0675. The third-order valence-electron chi connectivity index (χ3n) is 5.05. The van der Waals surface area contributed by atoms with Crippen molar-refractivity contribution in [2.45, 2.75) is 49.7 Å². The van der Waals surface area contributed by atoms with Gasteiger partial charge in [0, 0.05) is 58.6 Å². The molecular formula is C16H26N4O4S. The average Bonchev–Trinajstić information content (AvgIpc) is 3.03. The molecule has 2 aliphatic rings. The van der Waals surface area contributed by atoms with E-state index in [9.17, 15) is 13.2 Å². The quantitative estimate of drug-likeness (QED) is 0.775. The summed E-state index contributed by atoms with van der Waals surface area (Å²) in [4.78, 5) is 18.1. The fraction of sp³-hybridized carbons (Fsp3) is 0.750. The molecule has 1 aromatic rings. The molecule has 0 aliphatic carbocycles. The van der Waals surface area contributed by atoms with Crippen LogP contribution in [0, 0.1) is 0 Å². The summed E-state index contributed by atoms with van der Waals surface area (Å²) in [7, 11) is -1.81. The van der Waals surface area contributed by atoms with E-state index < -0.39 is 10.0 Å². The summed E-state index contributed by atoms with van der Waals surface area (Å²) >= 11 is 0. The van der Waals surface area contributed by atoms with Gasteiger partial charge in [-0.1, -0.05) is 0 Å². The number of hydrogen-bond donors (Lipinski definition) is 0. The molecule has 0 saturated carbocycles. The second-order valence-electron chi connectivity index (χ2n) is 6.78. The predicted molar refractivity (Wildman–Crippen MR) is 91.3 cm³/mol. The standard InChI is InChI=1S/C16H26N4O4S/c1-13(21)20(15-5-9-24-10-6-15)14-3-7-19(8-4-14)25(22,23)16-11-18(2)12-17-16/h11-12,14-15H,3-10H2,1-2H3. The number of hydrogen-bond acceptors (Lipinski definition) is 5. The molecule has 1 aromatic heterocycles. The lowest BCUT2D eigenvalue weighted by Crippen LogP contribution is -2.53. The monoisotopic (exact) mass is 370 g/mol. The van der Waals surface area contributed by atoms with Gasteiger partial charge in [-0.3, -0.25) is 4.79 Å². The van der Waals surface area contributed by atoms with Gasteiger partial charge < -0.3 is 14.2 Å². The van der Waals surface area contributed by atoms with E-state index in [2.05, 4.69) is 4.98 Å². The van der Waals surface area contributed by atoms with E-state index in [1.165, 1.54) is 16.8 Å². The third kappa shape index (κ3) is 3.88. The third-order valence-corrected chi connectivity index (χ3v) is 6.83. The summed E-state index contributed by atoms with van der Waals surface area (Å²) in [6.07, 6.45) is 6.03. The Bertz CT molecular complexity index is 703. The highest BCUT2D eigenvalue weighted by Crippen LogP contribution is 2.26. The molecule has 3 heterocycles. The van der Waals surface area contributed by atoms with Gasteiger partial charge in [0.25, 0.3) is 10.0 Å². The summed E-state index contributed by atoms with van der Waals surface area (Å²) in [6.45, 7) is 3.79. The van der Waals surface area contributed by atoms with Gasteiger partial charge >= 0.3 is 0 Å². The number of aromatic nitrogens is 2. The SMILES string of the molecule is CC(=O)N(C1CCOCC1)C1CCN(S(=O)(=O)c2cn(C)cn2)CC1. The van der Waals surface area contributed by atoms with Gasteiger partial charge in [0.2, 0.25) is 5.91 Å². The van der Waals surface area contributed by atoms with Crippen LogP contribution < -0.4 is 0 Å². The van der Waals surface area contributed by atoms with Crippen molar-refractivity contribution in [3.05, 3.63) is 12.5 Å². The van der Waals surface area contributed by atoms with Crippen molar-refractivity contribution in [1.29, 1.82) is 0 Å². The van der Waals surface area contributed by atoms with E-state index in [1.807, 2.05) is 4.90 Å².